The summed E-state index contributed by atoms with van der Waals surface area (Å²) in [5, 5.41) is 1.22. The molecule has 1 amide bonds. The van der Waals surface area contributed by atoms with Crippen LogP contribution in [0.25, 0.3) is 0 Å². The first-order valence-electron chi connectivity index (χ1n) is 5.60. The number of carbonyl (C=O) groups excluding carboxylic acids is 1. The van der Waals surface area contributed by atoms with Crippen molar-refractivity contribution in [1.29, 1.82) is 0 Å². The van der Waals surface area contributed by atoms with Crippen LogP contribution in [0.15, 0.2) is 24.3 Å². The maximum atomic E-state index is 11.7. The molecule has 88 valence electrons. The monoisotopic (exact) mass is 221 g/mol. The molecule has 0 heterocycles. The van der Waals surface area contributed by atoms with Crippen molar-refractivity contribution < 1.29 is 9.63 Å². The highest BCUT2D eigenvalue weighted by Gasteiger charge is 2.10. The largest absolute Gasteiger partial charge is 0.277 e. The van der Waals surface area contributed by atoms with Crippen LogP contribution in [-0.2, 0) is 11.3 Å². The molecule has 0 bridgehead atoms. The van der Waals surface area contributed by atoms with E-state index in [-0.39, 0.29) is 5.91 Å². The van der Waals surface area contributed by atoms with E-state index in [1.165, 1.54) is 30.6 Å². The fraction of sp³-hybridized carbons (Fsp3) is 0.462. The molecular weight excluding hydrogens is 202 g/mol. The Hall–Kier alpha value is -1.35. The van der Waals surface area contributed by atoms with Gasteiger partial charge in [-0.15, -0.1) is 0 Å². The van der Waals surface area contributed by atoms with Crippen LogP contribution in [0.2, 0.25) is 0 Å². The van der Waals surface area contributed by atoms with Crippen molar-refractivity contribution in [3.8, 4) is 0 Å². The van der Waals surface area contributed by atoms with Crippen molar-refractivity contribution in [2.75, 3.05) is 14.2 Å². The molecule has 16 heavy (non-hydrogen) atoms. The molecule has 0 aromatic heterocycles. The zero-order valence-corrected chi connectivity index (χ0v) is 10.2. The summed E-state index contributed by atoms with van der Waals surface area (Å²) >= 11 is 0. The lowest BCUT2D eigenvalue weighted by molar-refractivity contribution is -0.0756. The number of carbonyl (C=O) groups is 1. The molecule has 0 fully saturated rings. The van der Waals surface area contributed by atoms with E-state index in [2.05, 4.69) is 6.92 Å². The Kier molecular flexibility index (Phi) is 4.99. The average molecular weight is 221 g/mol. The van der Waals surface area contributed by atoms with Crippen LogP contribution in [0.3, 0.4) is 0 Å². The van der Waals surface area contributed by atoms with Crippen LogP contribution in [0, 0.1) is 0 Å². The van der Waals surface area contributed by atoms with E-state index in [4.69, 9.17) is 4.84 Å². The van der Waals surface area contributed by atoms with Gasteiger partial charge in [0.05, 0.1) is 7.11 Å². The minimum atomic E-state index is -0.121. The molecule has 0 aliphatic carbocycles. The van der Waals surface area contributed by atoms with Crippen molar-refractivity contribution in [3.63, 3.8) is 0 Å². The molecule has 3 heteroatoms. The molecule has 0 saturated carbocycles. The van der Waals surface area contributed by atoms with Gasteiger partial charge in [0, 0.05) is 12.6 Å². The number of rotatable bonds is 5. The number of unbranched alkanes of at least 4 members (excludes halogenated alkanes) is 1. The van der Waals surface area contributed by atoms with Gasteiger partial charge in [0.25, 0.3) is 5.91 Å². The first-order chi connectivity index (χ1) is 7.69. The van der Waals surface area contributed by atoms with Crippen LogP contribution in [0.1, 0.15) is 35.7 Å². The lowest BCUT2D eigenvalue weighted by atomic mass is 10.1. The minimum absolute atomic E-state index is 0.121. The van der Waals surface area contributed by atoms with Gasteiger partial charge >= 0.3 is 0 Å². The van der Waals surface area contributed by atoms with Crippen LogP contribution in [0.4, 0.5) is 0 Å². The van der Waals surface area contributed by atoms with E-state index < -0.39 is 0 Å². The number of aryl methyl sites for hydroxylation is 1. The van der Waals surface area contributed by atoms with Crippen LogP contribution >= 0.6 is 0 Å². The first kappa shape index (κ1) is 12.7. The van der Waals surface area contributed by atoms with Crippen molar-refractivity contribution in [1.82, 2.24) is 5.06 Å². The summed E-state index contributed by atoms with van der Waals surface area (Å²) in [6, 6.07) is 7.71. The maximum Gasteiger partial charge on any atom is 0.277 e. The molecule has 3 nitrogen and oxygen atoms in total. The molecule has 0 aliphatic rings. The fourth-order valence-corrected chi connectivity index (χ4v) is 1.46. The standard InChI is InChI=1S/C13H19NO2/c1-4-5-6-11-7-9-12(10-8-11)13(15)14(2)16-3/h7-10H,4-6H2,1-3H3. The Morgan fingerprint density at radius 1 is 1.31 bits per heavy atom. The summed E-state index contributed by atoms with van der Waals surface area (Å²) < 4.78 is 0. The third-order valence-electron chi connectivity index (χ3n) is 2.58. The van der Waals surface area contributed by atoms with Crippen LogP contribution < -0.4 is 0 Å². The lowest BCUT2D eigenvalue weighted by Crippen LogP contribution is -2.25. The number of hydrogen-bond acceptors (Lipinski definition) is 2. The summed E-state index contributed by atoms with van der Waals surface area (Å²) in [6.45, 7) is 2.17. The highest BCUT2D eigenvalue weighted by Crippen LogP contribution is 2.09. The normalized spacial score (nSPS) is 10.2. The van der Waals surface area contributed by atoms with Gasteiger partial charge in [0.2, 0.25) is 0 Å². The molecule has 1 aromatic rings. The Morgan fingerprint density at radius 2 is 1.94 bits per heavy atom. The Morgan fingerprint density at radius 3 is 2.44 bits per heavy atom. The van der Waals surface area contributed by atoms with Gasteiger partial charge in [0.1, 0.15) is 0 Å². The highest BCUT2D eigenvalue weighted by molar-refractivity contribution is 5.93. The van der Waals surface area contributed by atoms with Crippen LogP contribution in [0.5, 0.6) is 0 Å². The summed E-state index contributed by atoms with van der Waals surface area (Å²) in [5.41, 5.74) is 1.93. The van der Waals surface area contributed by atoms with Crippen molar-refractivity contribution in [2.45, 2.75) is 26.2 Å². The molecular formula is C13H19NO2. The summed E-state index contributed by atoms with van der Waals surface area (Å²) in [6.07, 6.45) is 3.45. The third kappa shape index (κ3) is 3.35. The smallest absolute Gasteiger partial charge is 0.274 e. The SMILES string of the molecule is CCCCc1ccc(C(=O)N(C)OC)cc1. The van der Waals surface area contributed by atoms with E-state index in [0.717, 1.165) is 6.42 Å². The summed E-state index contributed by atoms with van der Waals surface area (Å²) in [5.74, 6) is -0.121. The van der Waals surface area contributed by atoms with E-state index >= 15 is 0 Å². The molecule has 0 N–H and O–H groups in total. The van der Waals surface area contributed by atoms with E-state index in [1.54, 1.807) is 7.05 Å². The van der Waals surface area contributed by atoms with Gasteiger partial charge in [-0.05, 0) is 30.5 Å². The minimum Gasteiger partial charge on any atom is -0.274 e. The topological polar surface area (TPSA) is 29.5 Å². The Balaban J connectivity index is 2.67. The van der Waals surface area contributed by atoms with E-state index in [0.29, 0.717) is 5.56 Å². The number of hydroxylamine groups is 2. The Bertz CT molecular complexity index is 332. The van der Waals surface area contributed by atoms with Gasteiger partial charge in [-0.1, -0.05) is 25.5 Å². The molecule has 1 rings (SSSR count). The van der Waals surface area contributed by atoms with Gasteiger partial charge in [-0.3, -0.25) is 9.63 Å². The van der Waals surface area contributed by atoms with Gasteiger partial charge in [-0.25, -0.2) is 5.06 Å². The van der Waals surface area contributed by atoms with Gasteiger partial charge < -0.3 is 0 Å². The molecule has 0 saturated heterocycles. The first-order valence-corrected chi connectivity index (χ1v) is 5.60. The second kappa shape index (κ2) is 6.28. The van der Waals surface area contributed by atoms with Crippen LogP contribution in [-0.4, -0.2) is 25.1 Å². The molecule has 0 spiro atoms. The van der Waals surface area contributed by atoms with Crippen molar-refractivity contribution in [2.24, 2.45) is 0 Å². The van der Waals surface area contributed by atoms with E-state index in [9.17, 15) is 4.79 Å². The molecule has 0 radical (unpaired) electrons. The average Bonchev–Trinajstić information content (AvgIpc) is 2.35. The highest BCUT2D eigenvalue weighted by atomic mass is 16.7. The fourth-order valence-electron chi connectivity index (χ4n) is 1.46. The number of amides is 1. The van der Waals surface area contributed by atoms with Crippen molar-refractivity contribution in [3.05, 3.63) is 35.4 Å². The van der Waals surface area contributed by atoms with Gasteiger partial charge in [0.15, 0.2) is 0 Å². The van der Waals surface area contributed by atoms with Gasteiger partial charge in [-0.2, -0.15) is 0 Å². The number of benzene rings is 1. The molecule has 0 unspecified atom stereocenters. The quantitative estimate of drug-likeness (QED) is 0.715. The Labute approximate surface area is 97.0 Å². The molecule has 1 aromatic carbocycles. The predicted octanol–water partition coefficient (Wildman–Crippen LogP) is 2.66. The second-order valence-corrected chi connectivity index (χ2v) is 3.79. The number of hydrogen-bond donors (Lipinski definition) is 0. The zero-order valence-electron chi connectivity index (χ0n) is 10.2. The predicted molar refractivity (Wildman–Crippen MR) is 64.2 cm³/mol. The second-order valence-electron chi connectivity index (χ2n) is 3.79. The third-order valence-corrected chi connectivity index (χ3v) is 2.58. The molecule has 0 aliphatic heterocycles. The lowest BCUT2D eigenvalue weighted by Gasteiger charge is -2.13. The zero-order chi connectivity index (χ0) is 12.0. The summed E-state index contributed by atoms with van der Waals surface area (Å²) in [4.78, 5) is 16.5. The number of nitrogens with zero attached hydrogens (tertiary/aromatic N) is 1. The summed E-state index contributed by atoms with van der Waals surface area (Å²) in [7, 11) is 3.08. The maximum absolute atomic E-state index is 11.7. The van der Waals surface area contributed by atoms with E-state index in [1.807, 2.05) is 24.3 Å². The van der Waals surface area contributed by atoms with Crippen molar-refractivity contribution >= 4 is 5.91 Å². The molecule has 0 atom stereocenters.